The average Bonchev–Trinajstić information content (AvgIpc) is 2.33. The smallest absolute Gasteiger partial charge is 0.321 e. The van der Waals surface area contributed by atoms with E-state index in [1.165, 1.54) is 0 Å². The van der Waals surface area contributed by atoms with Gasteiger partial charge in [-0.1, -0.05) is 17.7 Å². The number of hydrogen-bond acceptors (Lipinski definition) is 3. The number of amides is 4. The van der Waals surface area contributed by atoms with Crippen LogP contribution in [0.4, 0.5) is 4.79 Å². The third kappa shape index (κ3) is 2.65. The largest absolute Gasteiger partial charge is 0.339 e. The van der Waals surface area contributed by atoms with Crippen molar-refractivity contribution in [2.75, 3.05) is 6.54 Å². The number of carbonyl (C=O) groups excluding carboxylic acids is 3. The molecule has 0 saturated carbocycles. The van der Waals surface area contributed by atoms with E-state index in [0.29, 0.717) is 5.56 Å². The topological polar surface area (TPSA) is 87.3 Å². The number of carbonyl (C=O) groups is 3. The minimum absolute atomic E-state index is 0.0995. The van der Waals surface area contributed by atoms with Crippen molar-refractivity contribution in [3.63, 3.8) is 0 Å². The Morgan fingerprint density at radius 2 is 1.94 bits per heavy atom. The summed E-state index contributed by atoms with van der Waals surface area (Å²) in [5.41, 5.74) is 1.53. The summed E-state index contributed by atoms with van der Waals surface area (Å²) < 4.78 is 0. The Kier molecular flexibility index (Phi) is 3.27. The van der Waals surface area contributed by atoms with E-state index in [2.05, 4.69) is 16.0 Å². The van der Waals surface area contributed by atoms with Crippen LogP contribution in [0.1, 0.15) is 15.9 Å². The number of nitrogens with one attached hydrogen (secondary N) is 3. The molecule has 18 heavy (non-hydrogen) atoms. The Morgan fingerprint density at radius 1 is 1.28 bits per heavy atom. The van der Waals surface area contributed by atoms with Gasteiger partial charge < -0.3 is 10.6 Å². The van der Waals surface area contributed by atoms with Gasteiger partial charge >= 0.3 is 6.03 Å². The number of urea groups is 1. The van der Waals surface area contributed by atoms with E-state index in [1.807, 2.05) is 19.1 Å². The molecule has 1 aromatic carbocycles. The lowest BCUT2D eigenvalue weighted by atomic mass is 10.1. The number of hydrogen-bond donors (Lipinski definition) is 3. The molecule has 0 bridgehead atoms. The molecule has 1 unspecified atom stereocenters. The maximum absolute atomic E-state index is 11.8. The monoisotopic (exact) mass is 247 g/mol. The van der Waals surface area contributed by atoms with Gasteiger partial charge in [-0.15, -0.1) is 0 Å². The molecule has 0 aliphatic carbocycles. The second-order valence-corrected chi connectivity index (χ2v) is 4.09. The summed E-state index contributed by atoms with van der Waals surface area (Å²) in [4.78, 5) is 34.1. The van der Waals surface area contributed by atoms with Crippen molar-refractivity contribution in [1.82, 2.24) is 16.0 Å². The van der Waals surface area contributed by atoms with Gasteiger partial charge in [0.1, 0.15) is 6.04 Å². The fourth-order valence-electron chi connectivity index (χ4n) is 1.59. The van der Waals surface area contributed by atoms with Crippen molar-refractivity contribution in [2.45, 2.75) is 13.0 Å². The van der Waals surface area contributed by atoms with Gasteiger partial charge in [-0.2, -0.15) is 0 Å². The maximum Gasteiger partial charge on any atom is 0.321 e. The fraction of sp³-hybridized carbons (Fsp3) is 0.250. The Bertz CT molecular complexity index is 496. The molecule has 1 aliphatic heterocycles. The highest BCUT2D eigenvalue weighted by atomic mass is 16.2. The van der Waals surface area contributed by atoms with Crippen molar-refractivity contribution in [3.05, 3.63) is 35.4 Å². The van der Waals surface area contributed by atoms with Crippen molar-refractivity contribution < 1.29 is 14.4 Å². The maximum atomic E-state index is 11.8. The molecular formula is C12H13N3O3. The van der Waals surface area contributed by atoms with Crippen molar-refractivity contribution in [2.24, 2.45) is 0 Å². The molecule has 1 atom stereocenters. The molecule has 94 valence electrons. The van der Waals surface area contributed by atoms with Gasteiger partial charge in [0, 0.05) is 12.1 Å². The summed E-state index contributed by atoms with van der Waals surface area (Å²) in [6.07, 6.45) is 0. The van der Waals surface area contributed by atoms with Crippen LogP contribution in [-0.4, -0.2) is 30.4 Å². The van der Waals surface area contributed by atoms with E-state index in [9.17, 15) is 14.4 Å². The Morgan fingerprint density at radius 3 is 2.56 bits per heavy atom. The van der Waals surface area contributed by atoms with Gasteiger partial charge in [0.15, 0.2) is 0 Å². The molecule has 3 N–H and O–H groups in total. The van der Waals surface area contributed by atoms with Crippen LogP contribution in [0.5, 0.6) is 0 Å². The molecular weight excluding hydrogens is 234 g/mol. The second-order valence-electron chi connectivity index (χ2n) is 4.09. The molecule has 1 aromatic rings. The predicted octanol–water partition coefficient (Wildman–Crippen LogP) is -0.0672. The van der Waals surface area contributed by atoms with E-state index in [1.54, 1.807) is 12.1 Å². The Hall–Kier alpha value is -2.37. The SMILES string of the molecule is Cc1ccc(C(=O)NC2CNC(=O)NC2=O)cc1. The average molecular weight is 247 g/mol. The summed E-state index contributed by atoms with van der Waals surface area (Å²) in [5.74, 6) is -0.842. The first-order chi connectivity index (χ1) is 8.56. The van der Waals surface area contributed by atoms with E-state index >= 15 is 0 Å². The van der Waals surface area contributed by atoms with Crippen LogP contribution >= 0.6 is 0 Å². The zero-order valence-corrected chi connectivity index (χ0v) is 9.82. The van der Waals surface area contributed by atoms with Crippen LogP contribution in [0.3, 0.4) is 0 Å². The van der Waals surface area contributed by atoms with E-state index in [0.717, 1.165) is 5.56 Å². The first-order valence-corrected chi connectivity index (χ1v) is 5.52. The summed E-state index contributed by atoms with van der Waals surface area (Å²) in [6, 6.07) is 5.72. The lowest BCUT2D eigenvalue weighted by Gasteiger charge is -2.22. The Labute approximate surface area is 104 Å². The molecule has 0 spiro atoms. The van der Waals surface area contributed by atoms with Gasteiger partial charge in [-0.3, -0.25) is 14.9 Å². The zero-order chi connectivity index (χ0) is 13.1. The van der Waals surface area contributed by atoms with Crippen LogP contribution in [0.15, 0.2) is 24.3 Å². The zero-order valence-electron chi connectivity index (χ0n) is 9.82. The predicted molar refractivity (Wildman–Crippen MR) is 64.0 cm³/mol. The molecule has 1 fully saturated rings. The molecule has 1 saturated heterocycles. The van der Waals surface area contributed by atoms with Gasteiger partial charge in [-0.05, 0) is 19.1 Å². The highest BCUT2D eigenvalue weighted by Crippen LogP contribution is 2.03. The van der Waals surface area contributed by atoms with E-state index < -0.39 is 18.0 Å². The van der Waals surface area contributed by atoms with Gasteiger partial charge in [0.25, 0.3) is 11.8 Å². The van der Waals surface area contributed by atoms with Gasteiger partial charge in [-0.25, -0.2) is 4.79 Å². The minimum atomic E-state index is -0.739. The molecule has 1 aliphatic rings. The molecule has 1 heterocycles. The molecule has 2 rings (SSSR count). The highest BCUT2D eigenvalue weighted by Gasteiger charge is 2.27. The number of aryl methyl sites for hydroxylation is 1. The second kappa shape index (κ2) is 4.87. The quantitative estimate of drug-likeness (QED) is 0.683. The summed E-state index contributed by atoms with van der Waals surface area (Å²) >= 11 is 0. The van der Waals surface area contributed by atoms with Crippen LogP contribution in [0, 0.1) is 6.92 Å². The van der Waals surface area contributed by atoms with Crippen LogP contribution in [0.2, 0.25) is 0 Å². The van der Waals surface area contributed by atoms with Crippen molar-refractivity contribution in [3.8, 4) is 0 Å². The number of benzene rings is 1. The van der Waals surface area contributed by atoms with Gasteiger partial charge in [0.05, 0.1) is 0 Å². The van der Waals surface area contributed by atoms with Gasteiger partial charge in [0.2, 0.25) is 0 Å². The Balaban J connectivity index is 2.01. The molecule has 0 aromatic heterocycles. The molecule has 6 heteroatoms. The van der Waals surface area contributed by atoms with E-state index in [-0.39, 0.29) is 12.5 Å². The summed E-state index contributed by atoms with van der Waals surface area (Å²) in [5, 5.41) is 7.09. The normalized spacial score (nSPS) is 18.8. The number of imide groups is 1. The van der Waals surface area contributed by atoms with Crippen molar-refractivity contribution in [1.29, 1.82) is 0 Å². The van der Waals surface area contributed by atoms with Crippen LogP contribution < -0.4 is 16.0 Å². The lowest BCUT2D eigenvalue weighted by molar-refractivity contribution is -0.122. The van der Waals surface area contributed by atoms with E-state index in [4.69, 9.17) is 0 Å². The summed E-state index contributed by atoms with van der Waals surface area (Å²) in [6.45, 7) is 2.02. The summed E-state index contributed by atoms with van der Waals surface area (Å²) in [7, 11) is 0. The standard InChI is InChI=1S/C12H13N3O3/c1-7-2-4-8(5-3-7)10(16)14-9-6-13-12(18)15-11(9)17/h2-5,9H,6H2,1H3,(H,14,16)(H2,13,15,17,18). The fourth-order valence-corrected chi connectivity index (χ4v) is 1.59. The first-order valence-electron chi connectivity index (χ1n) is 5.52. The minimum Gasteiger partial charge on any atom is -0.339 e. The molecule has 6 nitrogen and oxygen atoms in total. The third-order valence-corrected chi connectivity index (χ3v) is 2.64. The highest BCUT2D eigenvalue weighted by molar-refractivity contribution is 6.03. The first kappa shape index (κ1) is 12.1. The lowest BCUT2D eigenvalue weighted by Crippen LogP contribution is -2.60. The van der Waals surface area contributed by atoms with Crippen molar-refractivity contribution >= 4 is 17.8 Å². The van der Waals surface area contributed by atoms with Crippen LogP contribution in [-0.2, 0) is 4.79 Å². The molecule has 0 radical (unpaired) electrons. The van der Waals surface area contributed by atoms with Crippen LogP contribution in [0.25, 0.3) is 0 Å². The third-order valence-electron chi connectivity index (χ3n) is 2.64. The number of rotatable bonds is 2. The molecule has 4 amide bonds.